The van der Waals surface area contributed by atoms with E-state index < -0.39 is 0 Å². The molecule has 0 bridgehead atoms. The van der Waals surface area contributed by atoms with Crippen molar-refractivity contribution in [1.82, 2.24) is 0 Å². The molecule has 4 rings (SSSR count). The highest BCUT2D eigenvalue weighted by atomic mass is 16.3. The fourth-order valence-electron chi connectivity index (χ4n) is 6.85. The lowest BCUT2D eigenvalue weighted by Crippen LogP contribution is -2.57. The van der Waals surface area contributed by atoms with E-state index in [9.17, 15) is 10.2 Å². The van der Waals surface area contributed by atoms with E-state index in [2.05, 4.69) is 26.0 Å². The molecule has 0 spiro atoms. The largest absolute Gasteiger partial charge is 0.393 e. The molecule has 3 fully saturated rings. The summed E-state index contributed by atoms with van der Waals surface area (Å²) in [5.74, 6) is 2.72. The summed E-state index contributed by atoms with van der Waals surface area (Å²) in [5.41, 5.74) is 0.229. The second kappa shape index (κ2) is 4.58. The Balaban J connectivity index is 1.69. The monoisotopic (exact) mass is 290 g/mol. The lowest BCUT2D eigenvalue weighted by molar-refractivity contribution is -0.143. The molecular weight excluding hydrogens is 260 g/mol. The minimum Gasteiger partial charge on any atom is -0.393 e. The summed E-state index contributed by atoms with van der Waals surface area (Å²) < 4.78 is 0. The van der Waals surface area contributed by atoms with Crippen LogP contribution in [0.1, 0.15) is 58.8 Å². The van der Waals surface area contributed by atoms with E-state index in [1.165, 1.54) is 25.7 Å². The van der Waals surface area contributed by atoms with Gasteiger partial charge in [-0.15, -0.1) is 0 Å². The lowest BCUT2D eigenvalue weighted by atomic mass is 9.45. The molecule has 0 amide bonds. The molecule has 0 aromatic rings. The van der Waals surface area contributed by atoms with Crippen molar-refractivity contribution in [3.8, 4) is 0 Å². The fraction of sp³-hybridized carbons (Fsp3) is 0.895. The highest BCUT2D eigenvalue weighted by molar-refractivity contribution is 5.15. The number of aliphatic hydroxyl groups is 2. The van der Waals surface area contributed by atoms with Gasteiger partial charge in [0, 0.05) is 5.41 Å². The molecular formula is C19H30O2. The zero-order valence-electron chi connectivity index (χ0n) is 13.5. The van der Waals surface area contributed by atoms with Crippen LogP contribution in [0, 0.1) is 34.5 Å². The Labute approximate surface area is 128 Å². The first kappa shape index (κ1) is 14.3. The van der Waals surface area contributed by atoms with Gasteiger partial charge in [-0.05, 0) is 74.0 Å². The predicted octanol–water partition coefficient (Wildman–Crippen LogP) is 3.53. The number of fused-ring (bicyclic) bond motifs is 5. The van der Waals surface area contributed by atoms with E-state index in [4.69, 9.17) is 0 Å². The van der Waals surface area contributed by atoms with E-state index in [0.29, 0.717) is 17.8 Å². The van der Waals surface area contributed by atoms with E-state index in [1.54, 1.807) is 0 Å². The molecule has 2 heteroatoms. The number of hydrogen-bond acceptors (Lipinski definition) is 2. The summed E-state index contributed by atoms with van der Waals surface area (Å²) in [7, 11) is 0. The van der Waals surface area contributed by atoms with E-state index in [1.807, 2.05) is 0 Å². The molecule has 8 unspecified atom stereocenters. The van der Waals surface area contributed by atoms with Gasteiger partial charge in [-0.2, -0.15) is 0 Å². The molecule has 118 valence electrons. The van der Waals surface area contributed by atoms with Gasteiger partial charge in [0.05, 0.1) is 12.2 Å². The molecule has 2 nitrogen and oxygen atoms in total. The maximum absolute atomic E-state index is 10.7. The zero-order chi connectivity index (χ0) is 14.8. The third-order valence-corrected chi connectivity index (χ3v) is 8.29. The van der Waals surface area contributed by atoms with Crippen molar-refractivity contribution in [2.75, 3.05) is 0 Å². The third-order valence-electron chi connectivity index (χ3n) is 8.29. The summed E-state index contributed by atoms with van der Waals surface area (Å²) in [5, 5.41) is 21.2. The minimum absolute atomic E-state index is 0.0759. The maximum Gasteiger partial charge on any atom is 0.0779 e. The standard InChI is InChI=1S/C19H30O2/c1-18-11-10-15-13(14(18)8-9-16(18)20)7-6-12-4-3-5-17(21)19(12,15)2/h3,5,12-17,20-21H,4,6-11H2,1-2H3. The highest BCUT2D eigenvalue weighted by Crippen LogP contribution is 2.65. The molecule has 8 atom stereocenters. The third kappa shape index (κ3) is 1.72. The first-order valence-electron chi connectivity index (χ1n) is 9.00. The van der Waals surface area contributed by atoms with Crippen molar-refractivity contribution in [2.24, 2.45) is 34.5 Å². The van der Waals surface area contributed by atoms with Crippen molar-refractivity contribution in [3.05, 3.63) is 12.2 Å². The van der Waals surface area contributed by atoms with Crippen LogP contribution >= 0.6 is 0 Å². The van der Waals surface area contributed by atoms with Crippen LogP contribution in [-0.4, -0.2) is 22.4 Å². The van der Waals surface area contributed by atoms with Crippen molar-refractivity contribution in [1.29, 1.82) is 0 Å². The summed E-state index contributed by atoms with van der Waals surface area (Å²) in [6.45, 7) is 4.69. The van der Waals surface area contributed by atoms with Crippen LogP contribution < -0.4 is 0 Å². The SMILES string of the molecule is CC12CCC3C(CCC4CC=CC(O)C43C)C1CCC2O. The summed E-state index contributed by atoms with van der Waals surface area (Å²) in [6, 6.07) is 0. The van der Waals surface area contributed by atoms with Crippen LogP contribution in [0.15, 0.2) is 12.2 Å². The fourth-order valence-corrected chi connectivity index (χ4v) is 6.85. The number of hydrogen-bond donors (Lipinski definition) is 2. The molecule has 21 heavy (non-hydrogen) atoms. The second-order valence-electron chi connectivity index (χ2n) is 8.76. The Hall–Kier alpha value is -0.340. The van der Waals surface area contributed by atoms with Gasteiger partial charge in [0.15, 0.2) is 0 Å². The van der Waals surface area contributed by atoms with Gasteiger partial charge in [0.2, 0.25) is 0 Å². The van der Waals surface area contributed by atoms with Gasteiger partial charge < -0.3 is 10.2 Å². The van der Waals surface area contributed by atoms with Crippen molar-refractivity contribution < 1.29 is 10.2 Å². The Morgan fingerprint density at radius 1 is 0.952 bits per heavy atom. The number of aliphatic hydroxyl groups excluding tert-OH is 2. The van der Waals surface area contributed by atoms with Crippen LogP contribution in [0.25, 0.3) is 0 Å². The van der Waals surface area contributed by atoms with Crippen molar-refractivity contribution >= 4 is 0 Å². The predicted molar refractivity (Wildman–Crippen MR) is 83.6 cm³/mol. The molecule has 0 aromatic heterocycles. The van der Waals surface area contributed by atoms with Crippen LogP contribution in [0.2, 0.25) is 0 Å². The second-order valence-corrected chi connectivity index (χ2v) is 8.76. The molecule has 2 N–H and O–H groups in total. The molecule has 4 aliphatic carbocycles. The van der Waals surface area contributed by atoms with E-state index in [-0.39, 0.29) is 23.0 Å². The molecule has 3 saturated carbocycles. The van der Waals surface area contributed by atoms with Gasteiger partial charge >= 0.3 is 0 Å². The molecule has 0 heterocycles. The van der Waals surface area contributed by atoms with E-state index >= 15 is 0 Å². The first-order chi connectivity index (χ1) is 9.98. The average molecular weight is 290 g/mol. The van der Waals surface area contributed by atoms with Crippen LogP contribution in [-0.2, 0) is 0 Å². The smallest absolute Gasteiger partial charge is 0.0779 e. The van der Waals surface area contributed by atoms with Crippen LogP contribution in [0.3, 0.4) is 0 Å². The maximum atomic E-state index is 10.7. The van der Waals surface area contributed by atoms with Gasteiger partial charge in [0.25, 0.3) is 0 Å². The Bertz CT molecular complexity index is 458. The molecule has 0 aliphatic heterocycles. The molecule has 0 radical (unpaired) electrons. The van der Waals surface area contributed by atoms with Crippen molar-refractivity contribution in [3.63, 3.8) is 0 Å². The van der Waals surface area contributed by atoms with Gasteiger partial charge in [0.1, 0.15) is 0 Å². The van der Waals surface area contributed by atoms with Gasteiger partial charge in [-0.3, -0.25) is 0 Å². The van der Waals surface area contributed by atoms with Gasteiger partial charge in [-0.25, -0.2) is 0 Å². The summed E-state index contributed by atoms with van der Waals surface area (Å²) >= 11 is 0. The Kier molecular flexibility index (Phi) is 3.11. The van der Waals surface area contributed by atoms with Crippen LogP contribution in [0.5, 0.6) is 0 Å². The lowest BCUT2D eigenvalue weighted by Gasteiger charge is -2.60. The topological polar surface area (TPSA) is 40.5 Å². The Morgan fingerprint density at radius 2 is 1.76 bits per heavy atom. The van der Waals surface area contributed by atoms with Crippen LogP contribution in [0.4, 0.5) is 0 Å². The molecule has 0 aromatic carbocycles. The summed E-state index contributed by atoms with van der Waals surface area (Å²) in [4.78, 5) is 0. The Morgan fingerprint density at radius 3 is 2.57 bits per heavy atom. The van der Waals surface area contributed by atoms with Gasteiger partial charge in [-0.1, -0.05) is 26.0 Å². The molecule has 0 saturated heterocycles. The first-order valence-corrected chi connectivity index (χ1v) is 9.00. The zero-order valence-corrected chi connectivity index (χ0v) is 13.5. The quantitative estimate of drug-likeness (QED) is 0.670. The normalized spacial score (nSPS) is 59.2. The minimum atomic E-state index is -0.264. The molecule has 4 aliphatic rings. The van der Waals surface area contributed by atoms with E-state index in [0.717, 1.165) is 25.2 Å². The summed E-state index contributed by atoms with van der Waals surface area (Å²) in [6.07, 6.45) is 12.2. The highest BCUT2D eigenvalue weighted by Gasteiger charge is 2.60. The van der Waals surface area contributed by atoms with Crippen molar-refractivity contribution in [2.45, 2.75) is 71.0 Å². The average Bonchev–Trinajstić information content (AvgIpc) is 2.76. The number of rotatable bonds is 0. The number of allylic oxidation sites excluding steroid dienone is 1.